The molecule has 1 aliphatic carbocycles. The van der Waals surface area contributed by atoms with Crippen LogP contribution in [0.3, 0.4) is 0 Å². The van der Waals surface area contributed by atoms with Crippen LogP contribution in [-0.4, -0.2) is 37.9 Å². The molecule has 2 unspecified atom stereocenters. The van der Waals surface area contributed by atoms with Crippen molar-refractivity contribution in [3.63, 3.8) is 0 Å². The predicted molar refractivity (Wildman–Crippen MR) is 62.4 cm³/mol. The summed E-state index contributed by atoms with van der Waals surface area (Å²) < 4.78 is 39.5. The molecule has 0 heterocycles. The lowest BCUT2D eigenvalue weighted by molar-refractivity contribution is -0.175. The van der Waals surface area contributed by atoms with Gasteiger partial charge in [0.05, 0.1) is 0 Å². The van der Waals surface area contributed by atoms with Crippen molar-refractivity contribution in [2.45, 2.75) is 31.5 Å². The topological polar surface area (TPSA) is 64.3 Å². The average molecular weight is 291 g/mol. The zero-order chi connectivity index (χ0) is 12.9. The Balaban J connectivity index is 0.00000289. The molecule has 8 heteroatoms. The summed E-state index contributed by atoms with van der Waals surface area (Å²) in [6.07, 6.45) is -1.64. The highest BCUT2D eigenvalue weighted by Crippen LogP contribution is 2.24. The molecule has 0 spiro atoms. The van der Waals surface area contributed by atoms with Gasteiger partial charge in [0.15, 0.2) is 0 Å². The second-order valence-corrected chi connectivity index (χ2v) is 4.21. The normalized spacial score (nSPS) is 23.6. The summed E-state index contributed by atoms with van der Waals surface area (Å²) in [4.78, 5) is 11.3. The molecular weight excluding hydrogens is 273 g/mol. The summed E-state index contributed by atoms with van der Waals surface area (Å²) in [7, 11) is 0. The van der Waals surface area contributed by atoms with E-state index in [2.05, 4.69) is 10.1 Å². The molecule has 0 aromatic carbocycles. The molecule has 3 N–H and O–H groups in total. The van der Waals surface area contributed by atoms with Crippen molar-refractivity contribution in [2.75, 3.05) is 19.8 Å². The third-order valence-corrected chi connectivity index (χ3v) is 2.81. The van der Waals surface area contributed by atoms with Crippen molar-refractivity contribution in [1.82, 2.24) is 5.32 Å². The van der Waals surface area contributed by atoms with Gasteiger partial charge < -0.3 is 15.8 Å². The minimum absolute atomic E-state index is 0. The number of carbonyl (C=O) groups excluding carboxylic acids is 1. The summed E-state index contributed by atoms with van der Waals surface area (Å²) in [6, 6.07) is -0.0259. The molecule has 1 aliphatic rings. The number of ether oxygens (including phenoxy) is 1. The second-order valence-electron chi connectivity index (χ2n) is 4.21. The Morgan fingerprint density at radius 1 is 1.39 bits per heavy atom. The number of rotatable bonds is 5. The molecule has 108 valence electrons. The number of nitrogens with two attached hydrogens (primary N) is 1. The quantitative estimate of drug-likeness (QED) is 0.800. The minimum Gasteiger partial charge on any atom is -0.362 e. The molecular formula is C10H18ClF3N2O2. The van der Waals surface area contributed by atoms with E-state index in [1.165, 1.54) is 0 Å². The highest BCUT2D eigenvalue weighted by molar-refractivity contribution is 5.85. The summed E-state index contributed by atoms with van der Waals surface area (Å²) in [5.41, 5.74) is 5.53. The molecule has 0 aromatic heterocycles. The first-order valence-corrected chi connectivity index (χ1v) is 5.56. The zero-order valence-corrected chi connectivity index (χ0v) is 10.6. The van der Waals surface area contributed by atoms with Gasteiger partial charge in [-0.05, 0) is 25.3 Å². The fourth-order valence-electron chi connectivity index (χ4n) is 2.02. The molecule has 0 aromatic rings. The van der Waals surface area contributed by atoms with Crippen LogP contribution in [0.2, 0.25) is 0 Å². The second kappa shape index (κ2) is 7.81. The zero-order valence-electron chi connectivity index (χ0n) is 9.83. The maximum absolute atomic E-state index is 11.8. The summed E-state index contributed by atoms with van der Waals surface area (Å²) in [5, 5.41) is 2.65. The molecule has 4 nitrogen and oxygen atoms in total. The van der Waals surface area contributed by atoms with Crippen molar-refractivity contribution < 1.29 is 22.7 Å². The lowest BCUT2D eigenvalue weighted by atomic mass is 10.0. The number of amides is 1. The van der Waals surface area contributed by atoms with E-state index in [4.69, 9.17) is 5.73 Å². The van der Waals surface area contributed by atoms with E-state index in [1.54, 1.807) is 0 Å². The molecule has 1 saturated carbocycles. The van der Waals surface area contributed by atoms with Crippen molar-refractivity contribution in [1.29, 1.82) is 0 Å². The highest BCUT2D eigenvalue weighted by Gasteiger charge is 2.29. The Morgan fingerprint density at radius 2 is 2.06 bits per heavy atom. The third-order valence-electron chi connectivity index (χ3n) is 2.81. The van der Waals surface area contributed by atoms with Gasteiger partial charge in [-0.15, -0.1) is 12.4 Å². The lowest BCUT2D eigenvalue weighted by Gasteiger charge is -2.19. The number of alkyl halides is 3. The smallest absolute Gasteiger partial charge is 0.362 e. The van der Waals surface area contributed by atoms with E-state index in [-0.39, 0.29) is 24.4 Å². The first-order chi connectivity index (χ1) is 7.92. The SMILES string of the molecule is Cl.NCC1CCCC1NC(=O)COCC(F)(F)F. The van der Waals surface area contributed by atoms with E-state index in [0.29, 0.717) is 6.54 Å². The Morgan fingerprint density at radius 3 is 2.61 bits per heavy atom. The number of nitrogens with one attached hydrogen (secondary N) is 1. The van der Waals surface area contributed by atoms with Gasteiger partial charge in [-0.25, -0.2) is 0 Å². The predicted octanol–water partition coefficient (Wildman–Crippen LogP) is 1.23. The van der Waals surface area contributed by atoms with Gasteiger partial charge in [0.2, 0.25) is 5.91 Å². The van der Waals surface area contributed by atoms with E-state index >= 15 is 0 Å². The van der Waals surface area contributed by atoms with Gasteiger partial charge in [-0.1, -0.05) is 6.42 Å². The van der Waals surface area contributed by atoms with Crippen LogP contribution in [0.1, 0.15) is 19.3 Å². The van der Waals surface area contributed by atoms with E-state index < -0.39 is 25.3 Å². The fraction of sp³-hybridized carbons (Fsp3) is 0.900. The van der Waals surface area contributed by atoms with Crippen LogP contribution in [0.25, 0.3) is 0 Å². The average Bonchev–Trinajstić information content (AvgIpc) is 2.63. The molecule has 1 amide bonds. The van der Waals surface area contributed by atoms with Crippen LogP contribution in [-0.2, 0) is 9.53 Å². The maximum atomic E-state index is 11.8. The summed E-state index contributed by atoms with van der Waals surface area (Å²) in [5.74, 6) is -0.291. The first-order valence-electron chi connectivity index (χ1n) is 5.56. The minimum atomic E-state index is -4.40. The molecule has 1 fully saturated rings. The van der Waals surface area contributed by atoms with Crippen molar-refractivity contribution in [3.05, 3.63) is 0 Å². The molecule has 2 atom stereocenters. The van der Waals surface area contributed by atoms with Crippen molar-refractivity contribution in [3.8, 4) is 0 Å². The molecule has 0 aliphatic heterocycles. The first kappa shape index (κ1) is 17.5. The third kappa shape index (κ3) is 6.42. The standard InChI is InChI=1S/C10H17F3N2O2.ClH/c11-10(12,13)6-17-5-9(16)15-8-3-1-2-7(8)4-14;/h7-8H,1-6,14H2,(H,15,16);1H. The van der Waals surface area contributed by atoms with Gasteiger partial charge in [0.25, 0.3) is 0 Å². The van der Waals surface area contributed by atoms with Crippen molar-refractivity contribution >= 4 is 18.3 Å². The van der Waals surface area contributed by atoms with Crippen molar-refractivity contribution in [2.24, 2.45) is 11.7 Å². The number of hydrogen-bond acceptors (Lipinski definition) is 3. The monoisotopic (exact) mass is 290 g/mol. The Hall–Kier alpha value is -0.530. The molecule has 0 bridgehead atoms. The highest BCUT2D eigenvalue weighted by atomic mass is 35.5. The van der Waals surface area contributed by atoms with E-state index in [0.717, 1.165) is 19.3 Å². The molecule has 18 heavy (non-hydrogen) atoms. The van der Waals surface area contributed by atoms with Crippen LogP contribution in [0, 0.1) is 5.92 Å². The van der Waals surface area contributed by atoms with Crippen LogP contribution in [0.15, 0.2) is 0 Å². The van der Waals surface area contributed by atoms with E-state index in [9.17, 15) is 18.0 Å². The Labute approximate surface area is 110 Å². The summed E-state index contributed by atoms with van der Waals surface area (Å²) >= 11 is 0. The van der Waals surface area contributed by atoms with Crippen LogP contribution >= 0.6 is 12.4 Å². The molecule has 0 radical (unpaired) electrons. The lowest BCUT2D eigenvalue weighted by Crippen LogP contribution is -2.41. The van der Waals surface area contributed by atoms with Gasteiger partial charge in [-0.2, -0.15) is 13.2 Å². The van der Waals surface area contributed by atoms with Crippen LogP contribution in [0.5, 0.6) is 0 Å². The Bertz CT molecular complexity index is 264. The van der Waals surface area contributed by atoms with Gasteiger partial charge in [0.1, 0.15) is 13.2 Å². The summed E-state index contributed by atoms with van der Waals surface area (Å²) in [6.45, 7) is -1.48. The number of halogens is 4. The van der Waals surface area contributed by atoms with Crippen LogP contribution in [0.4, 0.5) is 13.2 Å². The van der Waals surface area contributed by atoms with E-state index in [1.807, 2.05) is 0 Å². The maximum Gasteiger partial charge on any atom is 0.411 e. The van der Waals surface area contributed by atoms with Gasteiger partial charge >= 0.3 is 6.18 Å². The largest absolute Gasteiger partial charge is 0.411 e. The van der Waals surface area contributed by atoms with Gasteiger partial charge in [-0.3, -0.25) is 4.79 Å². The van der Waals surface area contributed by atoms with Crippen LogP contribution < -0.4 is 11.1 Å². The Kier molecular flexibility index (Phi) is 7.58. The molecule has 1 rings (SSSR count). The fourth-order valence-corrected chi connectivity index (χ4v) is 2.02. The number of carbonyl (C=O) groups is 1. The van der Waals surface area contributed by atoms with Gasteiger partial charge in [0, 0.05) is 6.04 Å². The number of hydrogen-bond donors (Lipinski definition) is 2. The molecule has 0 saturated heterocycles.